The molecule has 7 fully saturated rings. The predicted molar refractivity (Wildman–Crippen MR) is 430 cm³/mol. The van der Waals surface area contributed by atoms with Gasteiger partial charge in [-0.05, 0) is 160 Å². The summed E-state index contributed by atoms with van der Waals surface area (Å²) in [5.74, 6) is -1.89. The Kier molecular flexibility index (Phi) is 27.7. The van der Waals surface area contributed by atoms with Crippen LogP contribution in [0, 0.1) is 17.4 Å². The van der Waals surface area contributed by atoms with Crippen molar-refractivity contribution < 1.29 is 132 Å². The van der Waals surface area contributed by atoms with Crippen LogP contribution in [-0.2, 0) is 66.4 Å². The maximum atomic E-state index is 12.0. The van der Waals surface area contributed by atoms with E-state index in [4.69, 9.17) is 68.7 Å². The SMILES string of the molecule is C/C=C\C(=O)OC.CC1(C)O[C@@H]2[C@@H](CO)O[C@@H](c3cc(I)c4c(N)ncnn34)[C@]2(C)O1.COC(=O)/C=C(\C)c1cc([C@@H]2O[C@H](CO)[C@H]3OC(C)(C)O[C@]32C)n2ncnc(N)c12.C[O-].Cc1cc(=O)nc2c3c1cc([C@@H]1O[C@H](CO)[C@@H](O)[C@@]1(C)O)n3NC=N2.Cc1cc(=O)nc2c3c1cc([C@@H]1O[C@H](CO)[C@H]4OC(C)(C)O[C@]41C)n3NC=N2.Cl.[Na+]. The topological polar surface area (TPSA) is 520 Å². The third-order valence-corrected chi connectivity index (χ3v) is 22.1. The second kappa shape index (κ2) is 35.4. The average molecular weight is 1790 g/mol. The van der Waals surface area contributed by atoms with E-state index >= 15 is 0 Å². The molecule has 9 aliphatic heterocycles. The Morgan fingerprint density at radius 2 is 0.966 bits per heavy atom. The standard InChI is InChI=1S/C20H26N4O6.C19H22N4O5.C16H18N4O5.C15H19IN4O4.C5H8O2.CH3O.ClH.Na/c1-10(6-14(26)27-5)11-7-12(24-15(11)18(21)22-9-23-24)16-20(4)17(13(8-25)28-16)29-19(2,3)30-20;1-9-5-13(25)22-17-14-10(9)6-11(23(14)21-8-20-17)15-19(4)16(12(7-24)26-15)27-18(2,3)28-19;1-7-3-11(22)19-15-12-8(7)4-9(20(12)18-6-17-15)14-16(2,24)13(23)10(5-21)25-14;1-14(2)23-12-9(5-21)22-11(15(12,3)24-14)8-4-7(16)10-13(17)18-6-19-20(8)10;1-3-4-5(6)7-2;1-2;;/h6-7,9,13,16-17,25H,8H2,1-5H3,(H2,21,22,23);5-6,8,12,15-16,24H,7H2,1-4H3,(H,20,21,22,25);3-4,6,10,13-14,21,23-24H,5H2,1-2H3,(H,17,18,19,22);4,6,9,11-12,21H,5H2,1-3H3,(H2,17,18,19);3-4H,1-2H3;1H3;1H;/q;;;;;-1;;+1/b10-6+;;;;4-3-;;;/t13-,16+,17-,20+;12-,15+,16-,19+;10-,13-,14+,16-;9-,11+,12-,15+;;;;/m1111..../s1. The van der Waals surface area contributed by atoms with E-state index in [0.717, 1.165) is 43.9 Å². The molecule has 0 aliphatic carbocycles. The van der Waals surface area contributed by atoms with Crippen LogP contribution in [0.2, 0.25) is 0 Å². The molecule has 9 aliphatic rings. The van der Waals surface area contributed by atoms with Crippen molar-refractivity contribution in [2.24, 2.45) is 9.98 Å². The van der Waals surface area contributed by atoms with Crippen molar-refractivity contribution in [3.8, 4) is 0 Å². The number of halogens is 2. The van der Waals surface area contributed by atoms with E-state index in [0.29, 0.717) is 56.3 Å². The zero-order chi connectivity index (χ0) is 84.6. The summed E-state index contributed by atoms with van der Waals surface area (Å²) in [5.41, 5.74) is 21.6. The van der Waals surface area contributed by atoms with E-state index in [2.05, 4.69) is 78.3 Å². The van der Waals surface area contributed by atoms with Gasteiger partial charge in [0.1, 0.15) is 143 Å². The molecular weight excluding hydrogens is 1690 g/mol. The fourth-order valence-electron chi connectivity index (χ4n) is 16.6. The van der Waals surface area contributed by atoms with Gasteiger partial charge < -0.3 is 104 Å². The molecule has 16 atom stereocenters. The van der Waals surface area contributed by atoms with Gasteiger partial charge in [0.15, 0.2) is 40.6 Å². The molecular formula is C76H97ClIN16NaO23. The average Bonchev–Trinajstić information content (AvgIpc) is 1.56. The third kappa shape index (κ3) is 16.8. The number of nitrogen functional groups attached to an aromatic ring is 2. The molecule has 118 heavy (non-hydrogen) atoms. The molecule has 12 N–H and O–H groups in total. The van der Waals surface area contributed by atoms with E-state index in [-0.39, 0.29) is 91.1 Å². The number of aliphatic hydroxyl groups is 6. The van der Waals surface area contributed by atoms with Crippen LogP contribution in [0.5, 0.6) is 0 Å². The van der Waals surface area contributed by atoms with Gasteiger partial charge in [-0.3, -0.25) is 29.8 Å². The zero-order valence-electron chi connectivity index (χ0n) is 68.2. The molecule has 17 rings (SSSR count). The van der Waals surface area contributed by atoms with Crippen molar-refractivity contribution in [1.29, 1.82) is 0 Å². The molecule has 0 bridgehead atoms. The number of esters is 2. The van der Waals surface area contributed by atoms with Crippen LogP contribution >= 0.6 is 35.0 Å². The van der Waals surface area contributed by atoms with Crippen LogP contribution in [-0.4, -0.2) is 240 Å². The van der Waals surface area contributed by atoms with Crippen LogP contribution in [0.25, 0.3) is 38.4 Å². The molecule has 0 spiro atoms. The zero-order valence-corrected chi connectivity index (χ0v) is 73.2. The van der Waals surface area contributed by atoms with Crippen molar-refractivity contribution in [3.63, 3.8) is 0 Å². The summed E-state index contributed by atoms with van der Waals surface area (Å²) in [6.45, 7) is 24.6. The van der Waals surface area contributed by atoms with E-state index < -0.39 is 125 Å². The molecule has 42 heteroatoms. The third-order valence-electron chi connectivity index (χ3n) is 21.2. The van der Waals surface area contributed by atoms with E-state index in [1.54, 1.807) is 46.6 Å². The van der Waals surface area contributed by atoms with Crippen LogP contribution in [0.1, 0.15) is 147 Å². The van der Waals surface area contributed by atoms with Gasteiger partial charge in [-0.25, -0.2) is 38.6 Å². The summed E-state index contributed by atoms with van der Waals surface area (Å²) in [6.07, 6.45) is 2.60. The van der Waals surface area contributed by atoms with E-state index in [1.165, 1.54) is 70.8 Å². The van der Waals surface area contributed by atoms with Gasteiger partial charge in [0.2, 0.25) is 0 Å². The quantitative estimate of drug-likeness (QED) is 0.0362. The number of carbonyl (C=O) groups is 2. The molecule has 8 aromatic heterocycles. The minimum absolute atomic E-state index is 0. The van der Waals surface area contributed by atoms with Gasteiger partial charge in [-0.2, -0.15) is 27.3 Å². The number of allylic oxidation sites excluding steroid dienone is 2. The minimum atomic E-state index is -1.61. The number of methoxy groups -OCH3 is 2. The number of rotatable bonds is 11. The Balaban J connectivity index is 0.000000160. The number of fused-ring (bicyclic) bond motifs is 5. The Morgan fingerprint density at radius 1 is 0.585 bits per heavy atom. The first-order valence-corrected chi connectivity index (χ1v) is 37.9. The summed E-state index contributed by atoms with van der Waals surface area (Å²) in [7, 11) is 3.41. The molecule has 0 amide bonds. The first-order chi connectivity index (χ1) is 54.8. The maximum Gasteiger partial charge on any atom is 1.00 e. The number of nitrogens with two attached hydrogens (primary N) is 2. The van der Waals surface area contributed by atoms with Gasteiger partial charge in [-0.15, -0.1) is 12.4 Å². The molecule has 0 radical (unpaired) electrons. The van der Waals surface area contributed by atoms with Crippen molar-refractivity contribution in [2.45, 2.75) is 210 Å². The number of hydrogen-bond donors (Lipinski definition) is 10. The Hall–Kier alpha value is -7.74. The largest absolute Gasteiger partial charge is 1.00 e. The summed E-state index contributed by atoms with van der Waals surface area (Å²) in [6, 6.07) is 10.4. The summed E-state index contributed by atoms with van der Waals surface area (Å²) in [5, 5.41) is 78.3. The molecule has 39 nitrogen and oxygen atoms in total. The van der Waals surface area contributed by atoms with Gasteiger partial charge in [0.25, 0.3) is 11.1 Å². The number of aliphatic hydroxyl groups excluding tert-OH is 5. The Labute approximate surface area is 717 Å². The summed E-state index contributed by atoms with van der Waals surface area (Å²) < 4.78 is 77.7. The molecule has 17 heterocycles. The fraction of sp³-hybridized carbons (Fsp3) is 0.526. The number of aromatic nitrogens is 10. The first-order valence-electron chi connectivity index (χ1n) is 36.9. The normalized spacial score (nSPS) is 29.7. The van der Waals surface area contributed by atoms with Crippen molar-refractivity contribution in [1.82, 2.24) is 48.5 Å². The molecule has 8 aromatic rings. The first kappa shape index (κ1) is 92.5. The monoisotopic (exact) mass is 1790 g/mol. The minimum Gasteiger partial charge on any atom is -0.857 e. The number of nitrogens with zero attached hydrogens (tertiary/aromatic N) is 12. The number of hydrogen-bond acceptors (Lipinski definition) is 35. The van der Waals surface area contributed by atoms with Crippen LogP contribution in [0.15, 0.2) is 86.9 Å². The number of ether oxygens (including phenoxy) is 12. The summed E-state index contributed by atoms with van der Waals surface area (Å²) >= 11 is 2.20. The van der Waals surface area contributed by atoms with Gasteiger partial charge in [-0.1, -0.05) is 6.08 Å². The Bertz CT molecular complexity index is 5370. The van der Waals surface area contributed by atoms with Crippen molar-refractivity contribution >= 4 is 121 Å². The van der Waals surface area contributed by atoms with Crippen LogP contribution in [0.3, 0.4) is 0 Å². The summed E-state index contributed by atoms with van der Waals surface area (Å²) in [4.78, 5) is 70.3. The van der Waals surface area contributed by atoms with Crippen LogP contribution < -0.4 is 68.1 Å². The van der Waals surface area contributed by atoms with Crippen molar-refractivity contribution in [2.75, 3.05) is 70.1 Å². The predicted octanol–water partition coefficient (Wildman–Crippen LogP) is 0.357. The number of aliphatic imine (C=N–C) groups is 2. The second-order valence-corrected chi connectivity index (χ2v) is 31.8. The molecule has 0 saturated carbocycles. The van der Waals surface area contributed by atoms with E-state index in [9.17, 15) is 49.8 Å². The smallest absolute Gasteiger partial charge is 0.857 e. The number of aryl methyl sites for hydroxylation is 2. The number of carbonyl (C=O) groups excluding carboxylic acids is 2. The van der Waals surface area contributed by atoms with Crippen LogP contribution in [0.4, 0.5) is 23.3 Å². The Morgan fingerprint density at radius 3 is 1.36 bits per heavy atom. The van der Waals surface area contributed by atoms with Gasteiger partial charge in [0.05, 0.1) is 63.4 Å². The second-order valence-electron chi connectivity index (χ2n) is 30.7. The fourth-order valence-corrected chi connectivity index (χ4v) is 17.4. The molecule has 7 saturated heterocycles. The van der Waals surface area contributed by atoms with Gasteiger partial charge in [0, 0.05) is 44.2 Å². The van der Waals surface area contributed by atoms with Gasteiger partial charge >= 0.3 is 41.5 Å². The maximum absolute atomic E-state index is 12.0. The molecule has 0 aromatic carbocycles. The molecule has 0 unspecified atom stereocenters. The number of anilines is 2. The number of nitrogens with one attached hydrogen (secondary N) is 2. The van der Waals surface area contributed by atoms with E-state index in [1.807, 2.05) is 92.1 Å². The van der Waals surface area contributed by atoms with Crippen molar-refractivity contribution in [3.05, 3.63) is 131 Å². The molecule has 634 valence electrons.